The number of nitrogens with one attached hydrogen (secondary N) is 2. The van der Waals surface area contributed by atoms with Crippen LogP contribution in [0.1, 0.15) is 37.6 Å². The molecule has 9 heteroatoms. The zero-order valence-corrected chi connectivity index (χ0v) is 16.6. The number of amides is 2. The van der Waals surface area contributed by atoms with Gasteiger partial charge < -0.3 is 24.8 Å². The van der Waals surface area contributed by atoms with Crippen molar-refractivity contribution in [3.8, 4) is 5.75 Å². The number of hydrogen-bond donors (Lipinski definition) is 2. The smallest absolute Gasteiger partial charge is 0.344 e. The molecule has 0 aliphatic carbocycles. The molecule has 2 rings (SSSR count). The van der Waals surface area contributed by atoms with E-state index in [2.05, 4.69) is 10.6 Å². The number of benzene rings is 1. The Bertz CT molecular complexity index is 815. The topological polar surface area (TPSA) is 120 Å². The third-order valence-corrected chi connectivity index (χ3v) is 4.10. The number of ketones is 1. The van der Waals surface area contributed by atoms with Crippen molar-refractivity contribution < 1.29 is 33.4 Å². The molecule has 0 bridgehead atoms. The predicted molar refractivity (Wildman–Crippen MR) is 102 cm³/mol. The molecule has 1 aromatic carbocycles. The number of esters is 2. The third kappa shape index (κ3) is 6.06. The maximum Gasteiger partial charge on any atom is 0.344 e. The Morgan fingerprint density at radius 1 is 1.07 bits per heavy atom. The summed E-state index contributed by atoms with van der Waals surface area (Å²) in [4.78, 5) is 47.4. The molecule has 0 saturated heterocycles. The van der Waals surface area contributed by atoms with Gasteiger partial charge in [0.1, 0.15) is 12.4 Å². The second-order valence-electron chi connectivity index (χ2n) is 6.18. The SMILES string of the molecule is CCOC(=O)C1=C(COC(=O)COc2ccc(C(=O)CC)cc2)NC(=O)N[C@@H]1C. The van der Waals surface area contributed by atoms with Crippen molar-refractivity contribution in [2.75, 3.05) is 19.8 Å². The minimum atomic E-state index is -0.685. The van der Waals surface area contributed by atoms with Crippen molar-refractivity contribution in [1.82, 2.24) is 10.6 Å². The molecule has 9 nitrogen and oxygen atoms in total. The maximum atomic E-state index is 12.1. The summed E-state index contributed by atoms with van der Waals surface area (Å²) in [7, 11) is 0. The maximum absolute atomic E-state index is 12.1. The van der Waals surface area contributed by atoms with Crippen molar-refractivity contribution >= 4 is 23.8 Å². The zero-order valence-electron chi connectivity index (χ0n) is 16.6. The van der Waals surface area contributed by atoms with E-state index < -0.39 is 24.0 Å². The molecule has 0 aromatic heterocycles. The highest BCUT2D eigenvalue weighted by Gasteiger charge is 2.30. The molecule has 1 aliphatic heterocycles. The highest BCUT2D eigenvalue weighted by atomic mass is 16.6. The Morgan fingerprint density at radius 3 is 2.38 bits per heavy atom. The van der Waals surface area contributed by atoms with E-state index in [0.29, 0.717) is 17.7 Å². The van der Waals surface area contributed by atoms with E-state index in [0.717, 1.165) is 0 Å². The second-order valence-corrected chi connectivity index (χ2v) is 6.18. The Morgan fingerprint density at radius 2 is 1.76 bits per heavy atom. The first-order valence-electron chi connectivity index (χ1n) is 9.25. The molecule has 0 fully saturated rings. The van der Waals surface area contributed by atoms with Gasteiger partial charge in [-0.3, -0.25) is 4.79 Å². The van der Waals surface area contributed by atoms with E-state index in [1.165, 1.54) is 0 Å². The second kappa shape index (κ2) is 10.3. The van der Waals surface area contributed by atoms with E-state index in [1.807, 2.05) is 0 Å². The van der Waals surface area contributed by atoms with Gasteiger partial charge in [-0.25, -0.2) is 14.4 Å². The Hall–Kier alpha value is -3.36. The lowest BCUT2D eigenvalue weighted by Crippen LogP contribution is -2.50. The van der Waals surface area contributed by atoms with Gasteiger partial charge in [0, 0.05) is 12.0 Å². The molecule has 0 radical (unpaired) electrons. The van der Waals surface area contributed by atoms with Crippen molar-refractivity contribution in [3.63, 3.8) is 0 Å². The summed E-state index contributed by atoms with van der Waals surface area (Å²) in [5.74, 6) is -0.865. The lowest BCUT2D eigenvalue weighted by Gasteiger charge is -2.26. The molecular weight excluding hydrogens is 380 g/mol. The van der Waals surface area contributed by atoms with E-state index in [4.69, 9.17) is 14.2 Å². The van der Waals surface area contributed by atoms with Gasteiger partial charge in [0.25, 0.3) is 0 Å². The molecule has 0 unspecified atom stereocenters. The number of urea groups is 1. The molecule has 2 N–H and O–H groups in total. The summed E-state index contributed by atoms with van der Waals surface area (Å²) < 4.78 is 15.4. The lowest BCUT2D eigenvalue weighted by molar-refractivity contribution is -0.145. The van der Waals surface area contributed by atoms with Crippen LogP contribution in [0.3, 0.4) is 0 Å². The van der Waals surface area contributed by atoms with Crippen LogP contribution in [0.4, 0.5) is 4.79 Å². The fraction of sp³-hybridized carbons (Fsp3) is 0.400. The Balaban J connectivity index is 1.94. The minimum Gasteiger partial charge on any atom is -0.482 e. The summed E-state index contributed by atoms with van der Waals surface area (Å²) in [5, 5.41) is 5.02. The zero-order chi connectivity index (χ0) is 21.4. The van der Waals surface area contributed by atoms with Gasteiger partial charge in [-0.1, -0.05) is 6.92 Å². The predicted octanol–water partition coefficient (Wildman–Crippen LogP) is 1.72. The van der Waals surface area contributed by atoms with Crippen LogP contribution in [0.25, 0.3) is 0 Å². The van der Waals surface area contributed by atoms with E-state index in [9.17, 15) is 19.2 Å². The van der Waals surface area contributed by atoms with Crippen LogP contribution >= 0.6 is 0 Å². The highest BCUT2D eigenvalue weighted by molar-refractivity contribution is 5.96. The normalized spacial score (nSPS) is 15.8. The minimum absolute atomic E-state index is 0.0138. The largest absolute Gasteiger partial charge is 0.482 e. The van der Waals surface area contributed by atoms with E-state index >= 15 is 0 Å². The number of Topliss-reactive ketones (excluding diaryl/α,β-unsaturated/α-hetero) is 1. The van der Waals surface area contributed by atoms with Crippen LogP contribution in [0.5, 0.6) is 5.75 Å². The molecule has 1 atom stereocenters. The highest BCUT2D eigenvalue weighted by Crippen LogP contribution is 2.16. The molecule has 29 heavy (non-hydrogen) atoms. The van der Waals surface area contributed by atoms with Crippen LogP contribution in [-0.2, 0) is 19.1 Å². The summed E-state index contributed by atoms with van der Waals surface area (Å²) >= 11 is 0. The fourth-order valence-corrected chi connectivity index (χ4v) is 2.67. The van der Waals surface area contributed by atoms with Gasteiger partial charge in [0.2, 0.25) is 0 Å². The first kappa shape index (κ1) is 21.9. The molecule has 1 aromatic rings. The first-order chi connectivity index (χ1) is 13.8. The number of rotatable bonds is 9. The van der Waals surface area contributed by atoms with Gasteiger partial charge in [-0.2, -0.15) is 0 Å². The molecule has 0 saturated carbocycles. The van der Waals surface area contributed by atoms with Crippen molar-refractivity contribution in [2.45, 2.75) is 33.2 Å². The number of ether oxygens (including phenoxy) is 3. The van der Waals surface area contributed by atoms with Crippen LogP contribution < -0.4 is 15.4 Å². The van der Waals surface area contributed by atoms with Crippen molar-refractivity contribution in [3.05, 3.63) is 41.1 Å². The van der Waals surface area contributed by atoms with E-state index in [-0.39, 0.29) is 36.9 Å². The van der Waals surface area contributed by atoms with Crippen LogP contribution in [0, 0.1) is 0 Å². The third-order valence-electron chi connectivity index (χ3n) is 4.10. The molecule has 0 spiro atoms. The van der Waals surface area contributed by atoms with E-state index in [1.54, 1.807) is 45.0 Å². The van der Waals surface area contributed by atoms with Gasteiger partial charge in [-0.15, -0.1) is 0 Å². The quantitative estimate of drug-likeness (QED) is 0.475. The van der Waals surface area contributed by atoms with Crippen LogP contribution in [0.2, 0.25) is 0 Å². The van der Waals surface area contributed by atoms with Crippen molar-refractivity contribution in [2.24, 2.45) is 0 Å². The average Bonchev–Trinajstić information content (AvgIpc) is 2.70. The van der Waals surface area contributed by atoms with Crippen molar-refractivity contribution in [1.29, 1.82) is 0 Å². The van der Waals surface area contributed by atoms with Crippen LogP contribution in [-0.4, -0.2) is 49.6 Å². The molecule has 2 amide bonds. The van der Waals surface area contributed by atoms with Crippen LogP contribution in [0.15, 0.2) is 35.5 Å². The summed E-state index contributed by atoms with van der Waals surface area (Å²) in [6.07, 6.45) is 0.404. The first-order valence-corrected chi connectivity index (χ1v) is 9.25. The summed E-state index contributed by atoms with van der Waals surface area (Å²) in [6.45, 7) is 4.56. The molecule has 1 aliphatic rings. The standard InChI is InChI=1S/C20H24N2O7/c1-4-16(23)13-6-8-14(9-7-13)28-11-17(24)29-10-15-18(19(25)27-5-2)12(3)21-20(26)22-15/h6-9,12H,4-5,10-11H2,1-3H3,(H2,21,22,26)/t12-/m1/s1. The number of carbonyl (C=O) groups is 4. The number of carbonyl (C=O) groups excluding carboxylic acids is 4. The molecule has 1 heterocycles. The summed E-state index contributed by atoms with van der Waals surface area (Å²) in [6, 6.07) is 5.33. The molecule has 156 valence electrons. The van der Waals surface area contributed by atoms with Gasteiger partial charge in [0.15, 0.2) is 12.4 Å². The number of hydrogen-bond acceptors (Lipinski definition) is 7. The monoisotopic (exact) mass is 404 g/mol. The Kier molecular flexibility index (Phi) is 7.76. The average molecular weight is 404 g/mol. The Labute approximate surface area is 168 Å². The lowest BCUT2D eigenvalue weighted by atomic mass is 10.0. The van der Waals surface area contributed by atoms with Gasteiger partial charge in [0.05, 0.1) is 23.9 Å². The summed E-state index contributed by atoms with van der Waals surface area (Å²) in [5.41, 5.74) is 0.920. The molecular formula is C20H24N2O7. The van der Waals surface area contributed by atoms with Gasteiger partial charge >= 0.3 is 18.0 Å². The van der Waals surface area contributed by atoms with Gasteiger partial charge in [-0.05, 0) is 38.1 Å². The fourth-order valence-electron chi connectivity index (χ4n) is 2.67.